The lowest BCUT2D eigenvalue weighted by atomic mass is 9.84. The molecule has 36 heavy (non-hydrogen) atoms. The van der Waals surface area contributed by atoms with E-state index in [1.54, 1.807) is 0 Å². The van der Waals surface area contributed by atoms with Crippen molar-refractivity contribution in [2.45, 2.75) is 74.5 Å². The molecule has 0 unspecified atom stereocenters. The first kappa shape index (κ1) is 24.8. The van der Waals surface area contributed by atoms with Gasteiger partial charge in [0.2, 0.25) is 0 Å². The van der Waals surface area contributed by atoms with Crippen LogP contribution >= 0.6 is 0 Å². The molecule has 5 aromatic rings. The number of fused-ring (bicyclic) bond motifs is 5. The number of pyridine rings is 1. The molecule has 0 N–H and O–H groups in total. The lowest BCUT2D eigenvalue weighted by molar-refractivity contribution is 0.413. The van der Waals surface area contributed by atoms with E-state index in [1.165, 1.54) is 76.3 Å². The van der Waals surface area contributed by atoms with E-state index in [2.05, 4.69) is 115 Å². The molecule has 0 spiro atoms. The quantitative estimate of drug-likeness (QED) is 0.175. The molecule has 0 saturated heterocycles. The van der Waals surface area contributed by atoms with Crippen LogP contribution in [0.3, 0.4) is 0 Å². The van der Waals surface area contributed by atoms with Crippen molar-refractivity contribution in [1.82, 2.24) is 4.40 Å². The van der Waals surface area contributed by atoms with Crippen LogP contribution < -0.4 is 5.22 Å². The Bertz CT molecular complexity index is 1760. The summed E-state index contributed by atoms with van der Waals surface area (Å²) in [7, 11) is -1.62. The van der Waals surface area contributed by atoms with Gasteiger partial charge in [0, 0.05) is 21.5 Å². The first-order chi connectivity index (χ1) is 16.8. The number of rotatable bonds is 3. The van der Waals surface area contributed by atoms with E-state index in [1.807, 2.05) is 0 Å². The highest BCUT2D eigenvalue weighted by Crippen LogP contribution is 2.43. The van der Waals surface area contributed by atoms with Crippen LogP contribution in [-0.2, 0) is 6.42 Å². The smallest absolute Gasteiger partial charge is 0.0779 e. The fourth-order valence-electron chi connectivity index (χ4n) is 6.56. The summed E-state index contributed by atoms with van der Waals surface area (Å²) in [5.41, 5.74) is 11.0. The van der Waals surface area contributed by atoms with Gasteiger partial charge < -0.3 is 4.40 Å². The second kappa shape index (κ2) is 8.08. The molecule has 1 nitrogen and oxygen atoms in total. The van der Waals surface area contributed by atoms with Crippen LogP contribution in [0, 0.1) is 26.2 Å². The number of aromatic nitrogens is 1. The lowest BCUT2D eigenvalue weighted by Crippen LogP contribution is -2.24. The van der Waals surface area contributed by atoms with Crippen molar-refractivity contribution < 1.29 is 0 Å². The average molecular weight is 492 g/mol. The van der Waals surface area contributed by atoms with Crippen molar-refractivity contribution in [2.24, 2.45) is 5.41 Å². The number of hydrogen-bond acceptors (Lipinski definition) is 0. The van der Waals surface area contributed by atoms with Crippen molar-refractivity contribution >= 4 is 57.9 Å². The number of para-hydroxylation sites is 1. The average Bonchev–Trinajstić information content (AvgIpc) is 3.09. The highest BCUT2D eigenvalue weighted by Gasteiger charge is 2.28. The monoisotopic (exact) mass is 491 g/mol. The molecule has 186 valence electrons. The summed E-state index contributed by atoms with van der Waals surface area (Å²) in [5, 5.41) is 8.14. The maximum Gasteiger partial charge on any atom is 0.0779 e. The molecule has 0 bridgehead atoms. The topological polar surface area (TPSA) is 4.41 Å². The fraction of sp³-hybridized carbons (Fsp3) is 0.353. The van der Waals surface area contributed by atoms with Gasteiger partial charge in [-0.1, -0.05) is 88.6 Å². The Labute approximate surface area is 217 Å². The van der Waals surface area contributed by atoms with Crippen LogP contribution in [-0.4, -0.2) is 12.5 Å². The van der Waals surface area contributed by atoms with Crippen LogP contribution in [0.5, 0.6) is 0 Å². The van der Waals surface area contributed by atoms with Gasteiger partial charge >= 0.3 is 0 Å². The molecule has 0 atom stereocenters. The second-order valence-electron chi connectivity index (χ2n) is 13.1. The molecular formula is C34H41NSi. The van der Waals surface area contributed by atoms with Crippen LogP contribution in [0.2, 0.25) is 19.6 Å². The summed E-state index contributed by atoms with van der Waals surface area (Å²) in [5.74, 6) is 0. The minimum atomic E-state index is -1.62. The van der Waals surface area contributed by atoms with Gasteiger partial charge in [0.15, 0.2) is 0 Å². The SMILES string of the molecule is C=c1c2c(C)c(C)cc(C)c2n2c3ccccc3c3c(CC(C)(C)C)cc(/C(=C\C)[Si](C)(C)C)c1c32. The molecule has 0 aliphatic heterocycles. The Hall–Kier alpha value is -2.84. The standard InChI is InChI=1S/C34H41NSi/c1-12-28(36(9,10)11)26-18-24(19-34(6,7)8)31-25-15-13-14-16-27(25)35-32-21(3)17-20(2)22(4)29(32)23(5)30(26)33(31)35/h12-18H,5,19H2,1-4,6-11H3/b28-12+. The van der Waals surface area contributed by atoms with Crippen LogP contribution in [0.4, 0.5) is 0 Å². The third-order valence-corrected chi connectivity index (χ3v) is 10.1. The van der Waals surface area contributed by atoms with Crippen LogP contribution in [0.25, 0.3) is 49.9 Å². The van der Waals surface area contributed by atoms with Crippen LogP contribution in [0.15, 0.2) is 42.5 Å². The molecule has 0 radical (unpaired) electrons. The molecule has 3 aromatic carbocycles. The highest BCUT2D eigenvalue weighted by molar-refractivity contribution is 6.93. The molecule has 0 aliphatic rings. The lowest BCUT2D eigenvalue weighted by Gasteiger charge is -2.26. The molecular weight excluding hydrogens is 450 g/mol. The zero-order valence-corrected chi connectivity index (χ0v) is 24.9. The third-order valence-electron chi connectivity index (χ3n) is 7.97. The zero-order chi connectivity index (χ0) is 26.3. The minimum absolute atomic E-state index is 0.187. The van der Waals surface area contributed by atoms with Crippen molar-refractivity contribution in [3.05, 3.63) is 75.5 Å². The van der Waals surface area contributed by atoms with E-state index < -0.39 is 8.07 Å². The van der Waals surface area contributed by atoms with Crippen molar-refractivity contribution in [2.75, 3.05) is 0 Å². The zero-order valence-electron chi connectivity index (χ0n) is 23.9. The molecule has 0 fully saturated rings. The van der Waals surface area contributed by atoms with Crippen molar-refractivity contribution in [3.8, 4) is 0 Å². The van der Waals surface area contributed by atoms with E-state index in [-0.39, 0.29) is 5.41 Å². The Morgan fingerprint density at radius 3 is 2.19 bits per heavy atom. The number of hydrogen-bond donors (Lipinski definition) is 0. The predicted octanol–water partition coefficient (Wildman–Crippen LogP) is 9.32. The van der Waals surface area contributed by atoms with Gasteiger partial charge in [-0.05, 0) is 78.6 Å². The van der Waals surface area contributed by atoms with E-state index in [9.17, 15) is 0 Å². The molecule has 2 aromatic heterocycles. The van der Waals surface area contributed by atoms with Gasteiger partial charge in [-0.2, -0.15) is 0 Å². The Kier molecular flexibility index (Phi) is 5.57. The fourth-order valence-corrected chi connectivity index (χ4v) is 8.43. The predicted molar refractivity (Wildman–Crippen MR) is 165 cm³/mol. The second-order valence-corrected chi connectivity index (χ2v) is 18.1. The van der Waals surface area contributed by atoms with E-state index in [0.717, 1.165) is 6.42 Å². The molecule has 2 heterocycles. The van der Waals surface area contributed by atoms with Crippen LogP contribution in [0.1, 0.15) is 55.5 Å². The highest BCUT2D eigenvalue weighted by atomic mass is 28.3. The number of benzene rings is 3. The van der Waals surface area contributed by atoms with E-state index in [4.69, 9.17) is 6.58 Å². The summed E-state index contributed by atoms with van der Waals surface area (Å²) in [4.78, 5) is 0. The summed E-state index contributed by atoms with van der Waals surface area (Å²) in [6.07, 6.45) is 3.42. The van der Waals surface area contributed by atoms with Gasteiger partial charge in [-0.3, -0.25) is 0 Å². The maximum atomic E-state index is 4.83. The van der Waals surface area contributed by atoms with E-state index in [0.29, 0.717) is 0 Å². The largest absolute Gasteiger partial charge is 0.308 e. The summed E-state index contributed by atoms with van der Waals surface area (Å²) >= 11 is 0. The number of nitrogens with zero attached hydrogens (tertiary/aromatic N) is 1. The Morgan fingerprint density at radius 2 is 1.58 bits per heavy atom. The Morgan fingerprint density at radius 1 is 0.917 bits per heavy atom. The molecule has 2 heteroatoms. The first-order valence-electron chi connectivity index (χ1n) is 13.3. The minimum Gasteiger partial charge on any atom is -0.308 e. The number of aryl methyl sites for hydroxylation is 3. The van der Waals surface area contributed by atoms with Gasteiger partial charge in [-0.25, -0.2) is 0 Å². The van der Waals surface area contributed by atoms with Crippen molar-refractivity contribution in [1.29, 1.82) is 0 Å². The molecule has 0 saturated carbocycles. The first-order valence-corrected chi connectivity index (χ1v) is 16.8. The van der Waals surface area contributed by atoms with Gasteiger partial charge in [0.25, 0.3) is 0 Å². The number of allylic oxidation sites excluding steroid dienone is 1. The third kappa shape index (κ3) is 3.56. The van der Waals surface area contributed by atoms with Gasteiger partial charge in [0.05, 0.1) is 24.6 Å². The summed E-state index contributed by atoms with van der Waals surface area (Å²) < 4.78 is 2.58. The van der Waals surface area contributed by atoms with E-state index >= 15 is 0 Å². The summed E-state index contributed by atoms with van der Waals surface area (Å²) in [6, 6.07) is 13.9. The molecule has 0 amide bonds. The van der Waals surface area contributed by atoms with Gasteiger partial charge in [0.1, 0.15) is 0 Å². The van der Waals surface area contributed by atoms with Gasteiger partial charge in [-0.15, -0.1) is 0 Å². The molecule has 0 aliphatic carbocycles. The molecule has 5 rings (SSSR count). The Balaban J connectivity index is 2.22. The maximum absolute atomic E-state index is 4.83. The summed E-state index contributed by atoms with van der Waals surface area (Å²) in [6.45, 7) is 28.3. The normalized spacial score (nSPS) is 13.7. The van der Waals surface area contributed by atoms with Crippen molar-refractivity contribution in [3.63, 3.8) is 0 Å².